The minimum atomic E-state index is -0.561. The average Bonchev–Trinajstić information content (AvgIpc) is 2.65. The highest BCUT2D eigenvalue weighted by atomic mass is 16.5. The zero-order valence-corrected chi connectivity index (χ0v) is 16.5. The minimum absolute atomic E-state index is 0.0982. The fourth-order valence-electron chi connectivity index (χ4n) is 3.02. The molecule has 2 aromatic carbocycles. The summed E-state index contributed by atoms with van der Waals surface area (Å²) in [6.45, 7) is 6.06. The van der Waals surface area contributed by atoms with Gasteiger partial charge in [0.15, 0.2) is 6.61 Å². The predicted molar refractivity (Wildman–Crippen MR) is 107 cm³/mol. The Hall–Kier alpha value is -2.82. The molecule has 0 aromatic heterocycles. The number of nitrogens with one attached hydrogen (secondary N) is 1. The van der Waals surface area contributed by atoms with Crippen LogP contribution in [-0.2, 0) is 16.0 Å². The lowest BCUT2D eigenvalue weighted by Gasteiger charge is -2.28. The van der Waals surface area contributed by atoms with E-state index in [0.717, 1.165) is 16.7 Å². The van der Waals surface area contributed by atoms with Crippen LogP contribution in [0.25, 0.3) is 0 Å². The first-order chi connectivity index (χ1) is 12.9. The van der Waals surface area contributed by atoms with Gasteiger partial charge >= 0.3 is 0 Å². The molecule has 0 radical (unpaired) electrons. The van der Waals surface area contributed by atoms with Crippen molar-refractivity contribution < 1.29 is 14.3 Å². The summed E-state index contributed by atoms with van der Waals surface area (Å²) in [4.78, 5) is 26.5. The number of aryl methyl sites for hydroxylation is 2. The second kappa shape index (κ2) is 9.76. The molecule has 1 N–H and O–H groups in total. The van der Waals surface area contributed by atoms with E-state index in [1.54, 1.807) is 18.9 Å². The highest BCUT2D eigenvalue weighted by molar-refractivity contribution is 5.87. The van der Waals surface area contributed by atoms with Crippen molar-refractivity contribution in [3.05, 3.63) is 65.2 Å². The normalized spacial score (nSPS) is 11.6. The van der Waals surface area contributed by atoms with Crippen LogP contribution in [0, 0.1) is 13.8 Å². The first-order valence-corrected chi connectivity index (χ1v) is 9.16. The Morgan fingerprint density at radius 1 is 1.07 bits per heavy atom. The molecule has 0 aliphatic carbocycles. The number of rotatable bonds is 8. The summed E-state index contributed by atoms with van der Waals surface area (Å²) in [6.07, 6.45) is 0.678. The van der Waals surface area contributed by atoms with Gasteiger partial charge in [0.2, 0.25) is 5.91 Å². The molecule has 0 fully saturated rings. The van der Waals surface area contributed by atoms with Crippen LogP contribution in [0.5, 0.6) is 5.75 Å². The SMILES string of the molecule is CNC(=O)[C@H](C)N(CCc1ccccc1)C(=O)COc1cc(C)cc(C)c1. The third-order valence-electron chi connectivity index (χ3n) is 4.46. The molecular formula is C22H28N2O3. The molecule has 5 heteroatoms. The molecule has 0 saturated heterocycles. The first-order valence-electron chi connectivity index (χ1n) is 9.16. The molecule has 0 aliphatic heterocycles. The van der Waals surface area contributed by atoms with E-state index in [-0.39, 0.29) is 18.4 Å². The molecular weight excluding hydrogens is 340 g/mol. The number of amides is 2. The van der Waals surface area contributed by atoms with Crippen molar-refractivity contribution in [1.29, 1.82) is 0 Å². The Labute approximate surface area is 161 Å². The van der Waals surface area contributed by atoms with E-state index in [0.29, 0.717) is 18.7 Å². The summed E-state index contributed by atoms with van der Waals surface area (Å²) in [5, 5.41) is 2.61. The minimum Gasteiger partial charge on any atom is -0.484 e. The number of benzene rings is 2. The maximum Gasteiger partial charge on any atom is 0.261 e. The van der Waals surface area contributed by atoms with Crippen LogP contribution >= 0.6 is 0 Å². The largest absolute Gasteiger partial charge is 0.484 e. The first kappa shape index (κ1) is 20.5. The lowest BCUT2D eigenvalue weighted by Crippen LogP contribution is -2.49. The van der Waals surface area contributed by atoms with Crippen molar-refractivity contribution in [1.82, 2.24) is 10.2 Å². The smallest absolute Gasteiger partial charge is 0.261 e. The molecule has 2 amide bonds. The molecule has 0 bridgehead atoms. The van der Waals surface area contributed by atoms with Crippen molar-refractivity contribution in [3.63, 3.8) is 0 Å². The lowest BCUT2D eigenvalue weighted by atomic mass is 10.1. The number of nitrogens with zero attached hydrogens (tertiary/aromatic N) is 1. The summed E-state index contributed by atoms with van der Waals surface area (Å²) in [6, 6.07) is 15.2. The Morgan fingerprint density at radius 2 is 1.70 bits per heavy atom. The number of hydrogen-bond donors (Lipinski definition) is 1. The van der Waals surface area contributed by atoms with E-state index in [1.807, 2.05) is 56.3 Å². The van der Waals surface area contributed by atoms with E-state index >= 15 is 0 Å². The Morgan fingerprint density at radius 3 is 2.30 bits per heavy atom. The van der Waals surface area contributed by atoms with Crippen molar-refractivity contribution in [2.45, 2.75) is 33.2 Å². The van der Waals surface area contributed by atoms with E-state index in [1.165, 1.54) is 0 Å². The average molecular weight is 368 g/mol. The quantitative estimate of drug-likeness (QED) is 0.779. The molecule has 2 aromatic rings. The summed E-state index contributed by atoms with van der Waals surface area (Å²) >= 11 is 0. The van der Waals surface area contributed by atoms with Gasteiger partial charge in [0.05, 0.1) is 0 Å². The number of carbonyl (C=O) groups is 2. The van der Waals surface area contributed by atoms with E-state index in [9.17, 15) is 9.59 Å². The van der Waals surface area contributed by atoms with Gasteiger partial charge in [0, 0.05) is 13.6 Å². The molecule has 0 unspecified atom stereocenters. The molecule has 144 valence electrons. The van der Waals surface area contributed by atoms with Crippen LogP contribution in [0.4, 0.5) is 0 Å². The Bertz CT molecular complexity index is 754. The monoisotopic (exact) mass is 368 g/mol. The summed E-state index contributed by atoms with van der Waals surface area (Å²) in [7, 11) is 1.57. The van der Waals surface area contributed by atoms with Crippen LogP contribution < -0.4 is 10.1 Å². The van der Waals surface area contributed by atoms with Crippen LogP contribution in [0.3, 0.4) is 0 Å². The summed E-state index contributed by atoms with van der Waals surface area (Å²) in [5.41, 5.74) is 3.28. The number of carbonyl (C=O) groups excluding carboxylic acids is 2. The standard InChI is InChI=1S/C22H28N2O3/c1-16-12-17(2)14-20(13-16)27-15-21(25)24(18(3)22(26)23-4)11-10-19-8-6-5-7-9-19/h5-9,12-14,18H,10-11,15H2,1-4H3,(H,23,26)/t18-/m0/s1. The molecule has 0 heterocycles. The van der Waals surface area contributed by atoms with E-state index in [2.05, 4.69) is 11.4 Å². The fourth-order valence-corrected chi connectivity index (χ4v) is 3.02. The number of ether oxygens (including phenoxy) is 1. The molecule has 1 atom stereocenters. The Kier molecular flexibility index (Phi) is 7.41. The second-order valence-electron chi connectivity index (χ2n) is 6.73. The van der Waals surface area contributed by atoms with Gasteiger partial charge in [-0.3, -0.25) is 9.59 Å². The number of likely N-dealkylation sites (N-methyl/N-ethyl adjacent to an activating group) is 1. The second-order valence-corrected chi connectivity index (χ2v) is 6.73. The third-order valence-corrected chi connectivity index (χ3v) is 4.46. The van der Waals surface area contributed by atoms with Crippen LogP contribution in [0.2, 0.25) is 0 Å². The Balaban J connectivity index is 2.06. The van der Waals surface area contributed by atoms with Crippen molar-refractivity contribution in [3.8, 4) is 5.75 Å². The van der Waals surface area contributed by atoms with Gasteiger partial charge in [-0.1, -0.05) is 36.4 Å². The van der Waals surface area contributed by atoms with Gasteiger partial charge < -0.3 is 15.0 Å². The predicted octanol–water partition coefficient (Wildman–Crippen LogP) is 2.89. The van der Waals surface area contributed by atoms with Gasteiger partial charge in [-0.25, -0.2) is 0 Å². The maximum absolute atomic E-state index is 12.8. The molecule has 0 aliphatic rings. The van der Waals surface area contributed by atoms with Crippen LogP contribution in [0.15, 0.2) is 48.5 Å². The lowest BCUT2D eigenvalue weighted by molar-refractivity contribution is -0.141. The summed E-state index contributed by atoms with van der Waals surface area (Å²) < 4.78 is 5.70. The highest BCUT2D eigenvalue weighted by Crippen LogP contribution is 2.16. The molecule has 5 nitrogen and oxygen atoms in total. The zero-order valence-electron chi connectivity index (χ0n) is 16.5. The van der Waals surface area contributed by atoms with Crippen molar-refractivity contribution >= 4 is 11.8 Å². The van der Waals surface area contributed by atoms with Gasteiger partial charge in [-0.2, -0.15) is 0 Å². The van der Waals surface area contributed by atoms with E-state index in [4.69, 9.17) is 4.74 Å². The van der Waals surface area contributed by atoms with Crippen molar-refractivity contribution in [2.75, 3.05) is 20.2 Å². The summed E-state index contributed by atoms with van der Waals surface area (Å²) in [5.74, 6) is 0.264. The van der Waals surface area contributed by atoms with E-state index < -0.39 is 6.04 Å². The zero-order chi connectivity index (χ0) is 19.8. The van der Waals surface area contributed by atoms with Gasteiger partial charge in [0.25, 0.3) is 5.91 Å². The van der Waals surface area contributed by atoms with Crippen molar-refractivity contribution in [2.24, 2.45) is 0 Å². The molecule has 0 saturated carbocycles. The van der Waals surface area contributed by atoms with Crippen LogP contribution in [-0.4, -0.2) is 43.0 Å². The van der Waals surface area contributed by atoms with Crippen LogP contribution in [0.1, 0.15) is 23.6 Å². The van der Waals surface area contributed by atoms with Gasteiger partial charge in [-0.15, -0.1) is 0 Å². The number of hydrogen-bond acceptors (Lipinski definition) is 3. The molecule has 2 rings (SSSR count). The van der Waals surface area contributed by atoms with Gasteiger partial charge in [0.1, 0.15) is 11.8 Å². The molecule has 27 heavy (non-hydrogen) atoms. The highest BCUT2D eigenvalue weighted by Gasteiger charge is 2.25. The van der Waals surface area contributed by atoms with Gasteiger partial charge in [-0.05, 0) is 56.0 Å². The third kappa shape index (κ3) is 6.13. The molecule has 0 spiro atoms. The topological polar surface area (TPSA) is 58.6 Å². The fraction of sp³-hybridized carbons (Fsp3) is 0.364. The maximum atomic E-state index is 12.8.